The highest BCUT2D eigenvalue weighted by Crippen LogP contribution is 2.40. The van der Waals surface area contributed by atoms with E-state index in [1.54, 1.807) is 23.5 Å². The molecule has 3 nitrogen and oxygen atoms in total. The highest BCUT2D eigenvalue weighted by Gasteiger charge is 2.25. The van der Waals surface area contributed by atoms with E-state index in [2.05, 4.69) is 10.4 Å². The predicted octanol–water partition coefficient (Wildman–Crippen LogP) is 3.41. The van der Waals surface area contributed by atoms with Crippen molar-refractivity contribution in [2.24, 2.45) is 0 Å². The number of ether oxygens (including phenoxy) is 1. The molecule has 4 heteroatoms. The summed E-state index contributed by atoms with van der Waals surface area (Å²) in [5.41, 5.74) is 1.84. The number of aldehydes is 1. The monoisotopic (exact) mass is 259 g/mol. The van der Waals surface area contributed by atoms with E-state index in [1.807, 2.05) is 12.1 Å². The smallest absolute Gasteiger partial charge is 0.150 e. The van der Waals surface area contributed by atoms with Gasteiger partial charge < -0.3 is 4.74 Å². The highest BCUT2D eigenvalue weighted by atomic mass is 32.1. The van der Waals surface area contributed by atoms with Gasteiger partial charge in [0, 0.05) is 16.9 Å². The zero-order valence-electron chi connectivity index (χ0n) is 9.83. The Hall–Kier alpha value is -1.68. The van der Waals surface area contributed by atoms with Gasteiger partial charge in [-0.25, -0.2) is 4.98 Å². The van der Waals surface area contributed by atoms with Crippen molar-refractivity contribution >= 4 is 17.6 Å². The molecule has 0 radical (unpaired) electrons. The van der Waals surface area contributed by atoms with E-state index in [0.29, 0.717) is 23.8 Å². The van der Waals surface area contributed by atoms with Gasteiger partial charge in [0.05, 0.1) is 5.69 Å². The van der Waals surface area contributed by atoms with Crippen molar-refractivity contribution < 1.29 is 9.53 Å². The summed E-state index contributed by atoms with van der Waals surface area (Å²) in [6, 6.07) is 7.16. The van der Waals surface area contributed by atoms with Gasteiger partial charge >= 0.3 is 0 Å². The average molecular weight is 259 g/mol. The Kier molecular flexibility index (Phi) is 3.11. The Balaban J connectivity index is 1.63. The molecule has 0 spiro atoms. The lowest BCUT2D eigenvalue weighted by Crippen LogP contribution is -1.95. The molecule has 92 valence electrons. The quantitative estimate of drug-likeness (QED) is 0.772. The fraction of sp³-hybridized carbons (Fsp3) is 0.286. The lowest BCUT2D eigenvalue weighted by atomic mass is 10.2. The highest BCUT2D eigenvalue weighted by molar-refractivity contribution is 7.09. The molecule has 1 fully saturated rings. The number of hydrogen-bond donors (Lipinski definition) is 0. The Morgan fingerprint density at radius 1 is 1.44 bits per heavy atom. The topological polar surface area (TPSA) is 39.2 Å². The molecule has 0 N–H and O–H groups in total. The summed E-state index contributed by atoms with van der Waals surface area (Å²) in [6.45, 7) is 0.472. The number of benzene rings is 1. The largest absolute Gasteiger partial charge is 0.486 e. The van der Waals surface area contributed by atoms with Gasteiger partial charge in [-0.2, -0.15) is 0 Å². The van der Waals surface area contributed by atoms with Gasteiger partial charge in [0.25, 0.3) is 0 Å². The fourth-order valence-corrected chi connectivity index (χ4v) is 2.57. The minimum absolute atomic E-state index is 0.472. The number of hydrogen-bond acceptors (Lipinski definition) is 4. The molecule has 1 aromatic heterocycles. The van der Waals surface area contributed by atoms with Crippen LogP contribution in [-0.2, 0) is 6.61 Å². The normalized spacial score (nSPS) is 14.4. The fourth-order valence-electron chi connectivity index (χ4n) is 1.78. The van der Waals surface area contributed by atoms with Crippen LogP contribution >= 0.6 is 11.3 Å². The molecular formula is C14H13NO2S. The predicted molar refractivity (Wildman–Crippen MR) is 70.3 cm³/mol. The van der Waals surface area contributed by atoms with Crippen LogP contribution < -0.4 is 4.74 Å². The Bertz CT molecular complexity index is 560. The summed E-state index contributed by atoms with van der Waals surface area (Å²) >= 11 is 1.64. The number of carbonyl (C=O) groups is 1. The molecule has 3 rings (SSSR count). The third kappa shape index (κ3) is 2.59. The van der Waals surface area contributed by atoms with E-state index in [0.717, 1.165) is 11.3 Å². The van der Waals surface area contributed by atoms with Crippen LogP contribution in [0, 0.1) is 0 Å². The minimum atomic E-state index is 0.472. The standard InChI is InChI=1S/C14H13NO2S/c16-7-10-2-1-3-12(6-10)17-8-14-15-13(9-18-14)11-4-5-11/h1-3,6-7,9,11H,4-5,8H2. The molecule has 0 amide bonds. The second kappa shape index (κ2) is 4.90. The number of rotatable bonds is 5. The molecule has 1 aromatic carbocycles. The van der Waals surface area contributed by atoms with Gasteiger partial charge in [-0.15, -0.1) is 11.3 Å². The van der Waals surface area contributed by atoms with Crippen molar-refractivity contribution in [3.63, 3.8) is 0 Å². The van der Waals surface area contributed by atoms with E-state index < -0.39 is 0 Å². The first-order valence-electron chi connectivity index (χ1n) is 5.97. The second-order valence-electron chi connectivity index (χ2n) is 4.42. The van der Waals surface area contributed by atoms with Crippen molar-refractivity contribution in [2.75, 3.05) is 0 Å². The summed E-state index contributed by atoms with van der Waals surface area (Å²) < 4.78 is 5.64. The minimum Gasteiger partial charge on any atom is -0.486 e. The summed E-state index contributed by atoms with van der Waals surface area (Å²) in [4.78, 5) is 15.2. The first kappa shape index (κ1) is 11.4. The van der Waals surface area contributed by atoms with Crippen LogP contribution in [0.25, 0.3) is 0 Å². The lowest BCUT2D eigenvalue weighted by Gasteiger charge is -2.03. The summed E-state index contributed by atoms with van der Waals surface area (Å²) in [5.74, 6) is 1.40. The van der Waals surface area contributed by atoms with Crippen molar-refractivity contribution in [1.82, 2.24) is 4.98 Å². The van der Waals surface area contributed by atoms with Gasteiger partial charge in [-0.3, -0.25) is 4.79 Å². The molecular weight excluding hydrogens is 246 g/mol. The first-order valence-corrected chi connectivity index (χ1v) is 6.85. The van der Waals surface area contributed by atoms with Crippen molar-refractivity contribution in [1.29, 1.82) is 0 Å². The van der Waals surface area contributed by atoms with Crippen LogP contribution in [0.5, 0.6) is 5.75 Å². The number of thiazole rings is 1. The third-order valence-electron chi connectivity index (χ3n) is 2.92. The van der Waals surface area contributed by atoms with Crippen LogP contribution in [0.2, 0.25) is 0 Å². The number of carbonyl (C=O) groups excluding carboxylic acids is 1. The summed E-state index contributed by atoms with van der Waals surface area (Å²) in [5, 5.41) is 3.12. The third-order valence-corrected chi connectivity index (χ3v) is 3.76. The van der Waals surface area contributed by atoms with Crippen LogP contribution in [0.3, 0.4) is 0 Å². The van der Waals surface area contributed by atoms with Gasteiger partial charge in [0.15, 0.2) is 0 Å². The van der Waals surface area contributed by atoms with Gasteiger partial charge in [-0.1, -0.05) is 12.1 Å². The average Bonchev–Trinajstić information content (AvgIpc) is 3.16. The maximum absolute atomic E-state index is 10.7. The van der Waals surface area contributed by atoms with E-state index in [1.165, 1.54) is 18.5 Å². The lowest BCUT2D eigenvalue weighted by molar-refractivity contribution is 0.112. The van der Waals surface area contributed by atoms with E-state index >= 15 is 0 Å². The molecule has 1 aliphatic carbocycles. The van der Waals surface area contributed by atoms with E-state index in [-0.39, 0.29) is 0 Å². The maximum atomic E-state index is 10.7. The molecule has 1 aliphatic rings. The summed E-state index contributed by atoms with van der Waals surface area (Å²) in [6.07, 6.45) is 3.36. The van der Waals surface area contributed by atoms with Crippen LogP contribution in [0.1, 0.15) is 39.8 Å². The van der Waals surface area contributed by atoms with E-state index in [4.69, 9.17) is 4.74 Å². The molecule has 18 heavy (non-hydrogen) atoms. The van der Waals surface area contributed by atoms with Crippen molar-refractivity contribution in [2.45, 2.75) is 25.4 Å². The van der Waals surface area contributed by atoms with Gasteiger partial charge in [0.2, 0.25) is 0 Å². The van der Waals surface area contributed by atoms with Crippen molar-refractivity contribution in [3.8, 4) is 5.75 Å². The van der Waals surface area contributed by atoms with Gasteiger partial charge in [0.1, 0.15) is 23.7 Å². The molecule has 1 heterocycles. The Morgan fingerprint density at radius 3 is 3.11 bits per heavy atom. The van der Waals surface area contributed by atoms with Crippen LogP contribution in [0.15, 0.2) is 29.6 Å². The molecule has 2 aromatic rings. The van der Waals surface area contributed by atoms with Crippen molar-refractivity contribution in [3.05, 3.63) is 45.9 Å². The molecule has 0 atom stereocenters. The zero-order chi connectivity index (χ0) is 12.4. The molecule has 0 saturated heterocycles. The zero-order valence-corrected chi connectivity index (χ0v) is 10.7. The van der Waals surface area contributed by atoms with E-state index in [9.17, 15) is 4.79 Å². The van der Waals surface area contributed by atoms with Gasteiger partial charge in [-0.05, 0) is 25.0 Å². The van der Waals surface area contributed by atoms with Crippen LogP contribution in [0.4, 0.5) is 0 Å². The number of aromatic nitrogens is 1. The Morgan fingerprint density at radius 2 is 2.33 bits per heavy atom. The maximum Gasteiger partial charge on any atom is 0.150 e. The Labute approximate surface area is 109 Å². The number of nitrogens with zero attached hydrogens (tertiary/aromatic N) is 1. The second-order valence-corrected chi connectivity index (χ2v) is 5.36. The SMILES string of the molecule is O=Cc1cccc(OCc2nc(C3CC3)cs2)c1. The first-order chi connectivity index (χ1) is 8.85. The molecule has 0 aliphatic heterocycles. The molecule has 1 saturated carbocycles. The summed E-state index contributed by atoms with van der Waals surface area (Å²) in [7, 11) is 0. The molecule has 0 unspecified atom stereocenters. The molecule has 0 bridgehead atoms. The van der Waals surface area contributed by atoms with Crippen LogP contribution in [-0.4, -0.2) is 11.3 Å².